The van der Waals surface area contributed by atoms with Crippen molar-refractivity contribution in [1.29, 1.82) is 0 Å². The molecule has 0 amide bonds. The first-order chi connectivity index (χ1) is 9.04. The Bertz CT molecular complexity index is 644. The molecular weight excluding hydrogens is 238 g/mol. The van der Waals surface area contributed by atoms with Gasteiger partial charge in [-0.05, 0) is 30.9 Å². The summed E-state index contributed by atoms with van der Waals surface area (Å²) in [5.74, 6) is 0.805. The number of pyridine rings is 1. The molecule has 19 heavy (non-hydrogen) atoms. The quantitative estimate of drug-likeness (QED) is 0.919. The standard InChI is InChI=1S/C15H19N3O/c1-5-11-8-16-7-6-12(11)14-17-10(4)13(9(2)3)15(19)18-14/h6-9H,5H2,1-4H3,(H,17,18,19). The number of aromatic amines is 1. The minimum absolute atomic E-state index is 0.0450. The molecule has 4 heteroatoms. The van der Waals surface area contributed by atoms with E-state index in [2.05, 4.69) is 21.9 Å². The van der Waals surface area contributed by atoms with Crippen LogP contribution in [0.15, 0.2) is 23.3 Å². The summed E-state index contributed by atoms with van der Waals surface area (Å²) >= 11 is 0. The molecule has 0 saturated carbocycles. The van der Waals surface area contributed by atoms with Crippen LogP contribution < -0.4 is 5.56 Å². The third kappa shape index (κ3) is 2.57. The van der Waals surface area contributed by atoms with E-state index >= 15 is 0 Å². The van der Waals surface area contributed by atoms with E-state index in [9.17, 15) is 4.79 Å². The van der Waals surface area contributed by atoms with E-state index in [0.29, 0.717) is 5.82 Å². The smallest absolute Gasteiger partial charge is 0.254 e. The van der Waals surface area contributed by atoms with Crippen LogP contribution in [-0.2, 0) is 6.42 Å². The summed E-state index contributed by atoms with van der Waals surface area (Å²) in [7, 11) is 0. The Kier molecular flexibility index (Phi) is 3.79. The zero-order valence-electron chi connectivity index (χ0n) is 11.8. The molecule has 0 aliphatic carbocycles. The molecule has 100 valence electrons. The minimum Gasteiger partial charge on any atom is -0.306 e. The highest BCUT2D eigenvalue weighted by molar-refractivity contribution is 5.59. The third-order valence-electron chi connectivity index (χ3n) is 3.26. The SMILES string of the molecule is CCc1cnccc1-c1nc(C)c(C(C)C)c(=O)[nH]1. The molecule has 4 nitrogen and oxygen atoms in total. The number of aryl methyl sites for hydroxylation is 2. The fraction of sp³-hybridized carbons (Fsp3) is 0.400. The molecule has 0 radical (unpaired) electrons. The monoisotopic (exact) mass is 257 g/mol. The van der Waals surface area contributed by atoms with Gasteiger partial charge in [0, 0.05) is 29.2 Å². The molecule has 2 aromatic rings. The van der Waals surface area contributed by atoms with Gasteiger partial charge in [0.15, 0.2) is 0 Å². The van der Waals surface area contributed by atoms with E-state index in [1.54, 1.807) is 6.20 Å². The molecule has 0 bridgehead atoms. The minimum atomic E-state index is -0.0450. The van der Waals surface area contributed by atoms with E-state index in [4.69, 9.17) is 0 Å². The Morgan fingerprint density at radius 1 is 1.37 bits per heavy atom. The topological polar surface area (TPSA) is 58.6 Å². The van der Waals surface area contributed by atoms with Gasteiger partial charge in [-0.25, -0.2) is 4.98 Å². The molecule has 0 aliphatic heterocycles. The Morgan fingerprint density at radius 3 is 2.68 bits per heavy atom. The lowest BCUT2D eigenvalue weighted by molar-refractivity contribution is 0.814. The molecule has 0 fully saturated rings. The fourth-order valence-electron chi connectivity index (χ4n) is 2.34. The summed E-state index contributed by atoms with van der Waals surface area (Å²) in [6.07, 6.45) is 4.40. The van der Waals surface area contributed by atoms with Crippen molar-refractivity contribution < 1.29 is 0 Å². The van der Waals surface area contributed by atoms with Crippen molar-refractivity contribution in [3.05, 3.63) is 45.6 Å². The van der Waals surface area contributed by atoms with Crippen LogP contribution in [-0.4, -0.2) is 15.0 Å². The Hall–Kier alpha value is -1.97. The van der Waals surface area contributed by atoms with Gasteiger partial charge in [0.2, 0.25) is 0 Å². The van der Waals surface area contributed by atoms with Crippen molar-refractivity contribution in [3.63, 3.8) is 0 Å². The van der Waals surface area contributed by atoms with Crippen molar-refractivity contribution in [2.24, 2.45) is 0 Å². The Morgan fingerprint density at radius 2 is 2.11 bits per heavy atom. The van der Waals surface area contributed by atoms with Crippen LogP contribution in [0, 0.1) is 6.92 Å². The first-order valence-corrected chi connectivity index (χ1v) is 6.58. The Balaban J connectivity index is 2.62. The molecule has 0 aromatic carbocycles. The average molecular weight is 257 g/mol. The molecule has 2 heterocycles. The van der Waals surface area contributed by atoms with Crippen LogP contribution >= 0.6 is 0 Å². The zero-order chi connectivity index (χ0) is 14.0. The number of aromatic nitrogens is 3. The first-order valence-electron chi connectivity index (χ1n) is 6.58. The lowest BCUT2D eigenvalue weighted by atomic mass is 10.0. The van der Waals surface area contributed by atoms with Crippen molar-refractivity contribution in [2.45, 2.75) is 40.0 Å². The van der Waals surface area contributed by atoms with Crippen molar-refractivity contribution in [2.75, 3.05) is 0 Å². The number of hydrogen-bond acceptors (Lipinski definition) is 3. The molecule has 1 N–H and O–H groups in total. The third-order valence-corrected chi connectivity index (χ3v) is 3.26. The molecule has 2 aromatic heterocycles. The molecular formula is C15H19N3O. The highest BCUT2D eigenvalue weighted by Crippen LogP contribution is 2.21. The maximum Gasteiger partial charge on any atom is 0.254 e. The second-order valence-electron chi connectivity index (χ2n) is 4.95. The fourth-order valence-corrected chi connectivity index (χ4v) is 2.34. The van der Waals surface area contributed by atoms with E-state index in [-0.39, 0.29) is 11.5 Å². The van der Waals surface area contributed by atoms with Gasteiger partial charge in [0.25, 0.3) is 5.56 Å². The van der Waals surface area contributed by atoms with Gasteiger partial charge in [0.1, 0.15) is 5.82 Å². The normalized spacial score (nSPS) is 11.0. The van der Waals surface area contributed by atoms with Gasteiger partial charge in [-0.1, -0.05) is 20.8 Å². The van der Waals surface area contributed by atoms with Gasteiger partial charge < -0.3 is 4.98 Å². The van der Waals surface area contributed by atoms with Crippen molar-refractivity contribution >= 4 is 0 Å². The predicted molar refractivity (Wildman–Crippen MR) is 76.3 cm³/mol. The van der Waals surface area contributed by atoms with Crippen LogP contribution in [0.1, 0.15) is 43.5 Å². The van der Waals surface area contributed by atoms with Crippen LogP contribution in [0.4, 0.5) is 0 Å². The van der Waals surface area contributed by atoms with E-state index in [1.807, 2.05) is 33.0 Å². The highest BCUT2D eigenvalue weighted by atomic mass is 16.1. The van der Waals surface area contributed by atoms with Crippen LogP contribution in [0.5, 0.6) is 0 Å². The molecule has 0 saturated heterocycles. The summed E-state index contributed by atoms with van der Waals surface area (Å²) in [5.41, 5.74) is 3.55. The Labute approximate surface area is 112 Å². The zero-order valence-corrected chi connectivity index (χ0v) is 11.8. The van der Waals surface area contributed by atoms with Gasteiger partial charge in [-0.2, -0.15) is 0 Å². The van der Waals surface area contributed by atoms with Crippen molar-refractivity contribution in [3.8, 4) is 11.4 Å². The van der Waals surface area contributed by atoms with Gasteiger partial charge >= 0.3 is 0 Å². The summed E-state index contributed by atoms with van der Waals surface area (Å²) in [6, 6.07) is 1.89. The summed E-state index contributed by atoms with van der Waals surface area (Å²) < 4.78 is 0. The lowest BCUT2D eigenvalue weighted by Crippen LogP contribution is -2.18. The van der Waals surface area contributed by atoms with Crippen LogP contribution in [0.2, 0.25) is 0 Å². The largest absolute Gasteiger partial charge is 0.306 e. The second kappa shape index (κ2) is 5.34. The molecule has 0 spiro atoms. The van der Waals surface area contributed by atoms with Gasteiger partial charge in [-0.3, -0.25) is 9.78 Å². The molecule has 2 rings (SSSR count). The number of nitrogens with zero attached hydrogens (tertiary/aromatic N) is 2. The second-order valence-corrected chi connectivity index (χ2v) is 4.95. The van der Waals surface area contributed by atoms with E-state index < -0.39 is 0 Å². The maximum atomic E-state index is 12.2. The molecule has 0 unspecified atom stereocenters. The van der Waals surface area contributed by atoms with Crippen LogP contribution in [0.25, 0.3) is 11.4 Å². The predicted octanol–water partition coefficient (Wildman–Crippen LogP) is 2.83. The van der Waals surface area contributed by atoms with Crippen molar-refractivity contribution in [1.82, 2.24) is 15.0 Å². The maximum absolute atomic E-state index is 12.2. The van der Waals surface area contributed by atoms with E-state index in [1.165, 1.54) is 0 Å². The summed E-state index contributed by atoms with van der Waals surface area (Å²) in [6.45, 7) is 7.96. The summed E-state index contributed by atoms with van der Waals surface area (Å²) in [4.78, 5) is 23.7. The lowest BCUT2D eigenvalue weighted by Gasteiger charge is -2.11. The first kappa shape index (κ1) is 13.5. The number of hydrogen-bond donors (Lipinski definition) is 1. The van der Waals surface area contributed by atoms with Gasteiger partial charge in [-0.15, -0.1) is 0 Å². The molecule has 0 aliphatic rings. The van der Waals surface area contributed by atoms with Gasteiger partial charge in [0.05, 0.1) is 0 Å². The molecule has 0 atom stereocenters. The number of H-pyrrole nitrogens is 1. The number of nitrogens with one attached hydrogen (secondary N) is 1. The highest BCUT2D eigenvalue weighted by Gasteiger charge is 2.13. The average Bonchev–Trinajstić information content (AvgIpc) is 2.37. The van der Waals surface area contributed by atoms with E-state index in [0.717, 1.165) is 28.8 Å². The number of rotatable bonds is 3. The summed E-state index contributed by atoms with van der Waals surface area (Å²) in [5, 5.41) is 0. The van der Waals surface area contributed by atoms with Crippen LogP contribution in [0.3, 0.4) is 0 Å².